The fraction of sp³-hybridized carbons (Fsp3) is 0.286. The fourth-order valence-corrected chi connectivity index (χ4v) is 4.17. The number of likely N-dealkylation sites (tertiary alicyclic amines) is 1. The van der Waals surface area contributed by atoms with Crippen molar-refractivity contribution < 1.29 is 14.3 Å². The molecule has 0 bridgehead atoms. The Labute approximate surface area is 200 Å². The quantitative estimate of drug-likeness (QED) is 0.519. The number of ether oxygens (including phenoxy) is 1. The number of carbonyl (C=O) groups is 2. The molecule has 1 saturated heterocycles. The van der Waals surface area contributed by atoms with Gasteiger partial charge in [-0.15, -0.1) is 0 Å². The van der Waals surface area contributed by atoms with Crippen molar-refractivity contribution in [3.05, 3.63) is 95.6 Å². The van der Waals surface area contributed by atoms with Crippen LogP contribution >= 0.6 is 0 Å². The van der Waals surface area contributed by atoms with Gasteiger partial charge in [-0.2, -0.15) is 0 Å². The smallest absolute Gasteiger partial charge is 0.255 e. The lowest BCUT2D eigenvalue weighted by Crippen LogP contribution is -2.38. The normalized spacial score (nSPS) is 14.4. The van der Waals surface area contributed by atoms with Gasteiger partial charge in [0.1, 0.15) is 5.75 Å². The van der Waals surface area contributed by atoms with Crippen LogP contribution < -0.4 is 15.4 Å². The molecule has 4 rings (SSSR count). The minimum atomic E-state index is -0.170. The SMILES string of the molecule is COc1ccc(CN2CCC(CNC(=O)c3ccc(NC(=O)c4ccccc4)cc3)CC2)cc1. The molecule has 1 aliphatic heterocycles. The van der Waals surface area contributed by atoms with Crippen LogP contribution in [0.4, 0.5) is 5.69 Å². The number of hydrogen-bond donors (Lipinski definition) is 2. The second-order valence-corrected chi connectivity index (χ2v) is 8.68. The molecule has 3 aromatic carbocycles. The predicted octanol–water partition coefficient (Wildman–Crippen LogP) is 4.59. The molecule has 6 heteroatoms. The van der Waals surface area contributed by atoms with Crippen LogP contribution in [0.1, 0.15) is 39.1 Å². The van der Waals surface area contributed by atoms with Gasteiger partial charge in [0, 0.05) is 29.9 Å². The maximum atomic E-state index is 12.6. The van der Waals surface area contributed by atoms with Gasteiger partial charge < -0.3 is 15.4 Å². The molecule has 6 nitrogen and oxygen atoms in total. The third kappa shape index (κ3) is 6.45. The fourth-order valence-electron chi connectivity index (χ4n) is 4.17. The number of nitrogens with one attached hydrogen (secondary N) is 2. The van der Waals surface area contributed by atoms with Gasteiger partial charge in [-0.25, -0.2) is 0 Å². The van der Waals surface area contributed by atoms with Gasteiger partial charge in [0.15, 0.2) is 0 Å². The van der Waals surface area contributed by atoms with Gasteiger partial charge in [0.05, 0.1) is 7.11 Å². The summed E-state index contributed by atoms with van der Waals surface area (Å²) in [6, 6.07) is 24.3. The molecular weight excluding hydrogens is 426 g/mol. The Hall–Kier alpha value is -3.64. The summed E-state index contributed by atoms with van der Waals surface area (Å²) in [4.78, 5) is 27.3. The molecule has 0 aromatic heterocycles. The van der Waals surface area contributed by atoms with E-state index in [1.165, 1.54) is 5.56 Å². The number of methoxy groups -OCH3 is 1. The van der Waals surface area contributed by atoms with Crippen LogP contribution in [0, 0.1) is 5.92 Å². The zero-order valence-electron chi connectivity index (χ0n) is 19.5. The Morgan fingerprint density at radius 1 is 0.853 bits per heavy atom. The number of amides is 2. The summed E-state index contributed by atoms with van der Waals surface area (Å²) < 4.78 is 5.22. The molecule has 34 heavy (non-hydrogen) atoms. The molecule has 1 fully saturated rings. The van der Waals surface area contributed by atoms with E-state index in [9.17, 15) is 9.59 Å². The van der Waals surface area contributed by atoms with Crippen molar-refractivity contribution in [3.63, 3.8) is 0 Å². The van der Waals surface area contributed by atoms with Gasteiger partial charge >= 0.3 is 0 Å². The second kappa shape index (κ2) is 11.5. The van der Waals surface area contributed by atoms with E-state index < -0.39 is 0 Å². The Balaban J connectivity index is 1.19. The average molecular weight is 458 g/mol. The average Bonchev–Trinajstić information content (AvgIpc) is 2.89. The zero-order valence-corrected chi connectivity index (χ0v) is 19.5. The number of hydrogen-bond acceptors (Lipinski definition) is 4. The molecule has 0 unspecified atom stereocenters. The number of nitrogens with zero attached hydrogens (tertiary/aromatic N) is 1. The third-order valence-corrected chi connectivity index (χ3v) is 6.26. The third-order valence-electron chi connectivity index (χ3n) is 6.26. The number of rotatable bonds is 8. The predicted molar refractivity (Wildman–Crippen MR) is 134 cm³/mol. The first-order valence-electron chi connectivity index (χ1n) is 11.7. The van der Waals surface area contributed by atoms with Crippen molar-refractivity contribution in [1.29, 1.82) is 0 Å². The molecule has 176 valence electrons. The van der Waals surface area contributed by atoms with E-state index >= 15 is 0 Å². The second-order valence-electron chi connectivity index (χ2n) is 8.68. The maximum Gasteiger partial charge on any atom is 0.255 e. The first kappa shape index (κ1) is 23.5. The van der Waals surface area contributed by atoms with E-state index in [0.717, 1.165) is 38.2 Å². The lowest BCUT2D eigenvalue weighted by atomic mass is 9.96. The molecule has 2 N–H and O–H groups in total. The minimum absolute atomic E-state index is 0.0819. The van der Waals surface area contributed by atoms with E-state index in [-0.39, 0.29) is 11.8 Å². The van der Waals surface area contributed by atoms with Crippen LogP contribution in [0.3, 0.4) is 0 Å². The lowest BCUT2D eigenvalue weighted by Gasteiger charge is -2.32. The minimum Gasteiger partial charge on any atom is -0.497 e. The van der Waals surface area contributed by atoms with E-state index in [4.69, 9.17) is 4.74 Å². The van der Waals surface area contributed by atoms with Crippen LogP contribution in [0.15, 0.2) is 78.9 Å². The Morgan fingerprint density at radius 3 is 2.15 bits per heavy atom. The first-order chi connectivity index (χ1) is 16.6. The van der Waals surface area contributed by atoms with Gasteiger partial charge in [0.25, 0.3) is 11.8 Å². The molecule has 0 radical (unpaired) electrons. The molecule has 0 atom stereocenters. The van der Waals surface area contributed by atoms with Crippen molar-refractivity contribution in [2.24, 2.45) is 5.92 Å². The van der Waals surface area contributed by atoms with E-state index in [1.54, 1.807) is 43.5 Å². The Morgan fingerprint density at radius 2 is 1.50 bits per heavy atom. The molecule has 0 spiro atoms. The highest BCUT2D eigenvalue weighted by Crippen LogP contribution is 2.20. The Bertz CT molecular complexity index is 1070. The van der Waals surface area contributed by atoms with Crippen LogP contribution in [0.2, 0.25) is 0 Å². The van der Waals surface area contributed by atoms with E-state index in [2.05, 4.69) is 27.7 Å². The van der Waals surface area contributed by atoms with Gasteiger partial charge in [0.2, 0.25) is 0 Å². The molecule has 1 heterocycles. The highest BCUT2D eigenvalue weighted by molar-refractivity contribution is 6.04. The first-order valence-corrected chi connectivity index (χ1v) is 11.7. The van der Waals surface area contributed by atoms with Crippen molar-refractivity contribution >= 4 is 17.5 Å². The zero-order chi connectivity index (χ0) is 23.8. The summed E-state index contributed by atoms with van der Waals surface area (Å²) >= 11 is 0. The highest BCUT2D eigenvalue weighted by Gasteiger charge is 2.20. The van der Waals surface area contributed by atoms with Gasteiger partial charge in [-0.05, 0) is 85.9 Å². The summed E-state index contributed by atoms with van der Waals surface area (Å²) in [6.07, 6.45) is 2.14. The molecular formula is C28H31N3O3. The maximum absolute atomic E-state index is 12.6. The number of carbonyl (C=O) groups excluding carboxylic acids is 2. The largest absolute Gasteiger partial charge is 0.497 e. The number of piperidine rings is 1. The summed E-state index contributed by atoms with van der Waals surface area (Å²) in [6.45, 7) is 3.68. The number of anilines is 1. The monoisotopic (exact) mass is 457 g/mol. The standard InChI is InChI=1S/C28H31N3O3/c1-34-26-13-7-22(8-14-26)20-31-17-15-21(16-18-31)19-29-27(32)24-9-11-25(12-10-24)30-28(33)23-5-3-2-4-6-23/h2-14,21H,15-20H2,1H3,(H,29,32)(H,30,33). The van der Waals surface area contributed by atoms with Crippen LogP contribution in [-0.4, -0.2) is 43.5 Å². The summed E-state index contributed by atoms with van der Waals surface area (Å²) in [5.41, 5.74) is 3.14. The molecule has 1 aliphatic rings. The van der Waals surface area contributed by atoms with Crippen LogP contribution in [0.25, 0.3) is 0 Å². The van der Waals surface area contributed by atoms with E-state index in [0.29, 0.717) is 29.3 Å². The van der Waals surface area contributed by atoms with Crippen LogP contribution in [0.5, 0.6) is 5.75 Å². The van der Waals surface area contributed by atoms with Crippen molar-refractivity contribution in [2.75, 3.05) is 32.1 Å². The van der Waals surface area contributed by atoms with Crippen molar-refractivity contribution in [3.8, 4) is 5.75 Å². The summed E-state index contributed by atoms with van der Waals surface area (Å²) in [5.74, 6) is 1.11. The van der Waals surface area contributed by atoms with Gasteiger partial charge in [-0.3, -0.25) is 14.5 Å². The van der Waals surface area contributed by atoms with Crippen molar-refractivity contribution in [1.82, 2.24) is 10.2 Å². The summed E-state index contributed by atoms with van der Waals surface area (Å²) in [7, 11) is 1.68. The van der Waals surface area contributed by atoms with E-state index in [1.807, 2.05) is 30.3 Å². The number of benzene rings is 3. The molecule has 0 saturated carbocycles. The lowest BCUT2D eigenvalue weighted by molar-refractivity contribution is 0.0934. The summed E-state index contributed by atoms with van der Waals surface area (Å²) in [5, 5.41) is 5.93. The van der Waals surface area contributed by atoms with Gasteiger partial charge in [-0.1, -0.05) is 30.3 Å². The Kier molecular flexibility index (Phi) is 7.94. The molecule has 0 aliphatic carbocycles. The molecule has 3 aromatic rings. The molecule has 2 amide bonds. The van der Waals surface area contributed by atoms with Crippen molar-refractivity contribution in [2.45, 2.75) is 19.4 Å². The topological polar surface area (TPSA) is 70.7 Å². The van der Waals surface area contributed by atoms with Crippen LogP contribution in [-0.2, 0) is 6.54 Å². The highest BCUT2D eigenvalue weighted by atomic mass is 16.5.